The number of hydrogen-bond donors (Lipinski definition) is 2. The maximum absolute atomic E-state index is 13.0. The quantitative estimate of drug-likeness (QED) is 0.553. The van der Waals surface area contributed by atoms with E-state index in [0.29, 0.717) is 0 Å². The van der Waals surface area contributed by atoms with Crippen LogP contribution in [0.5, 0.6) is 0 Å². The third kappa shape index (κ3) is 10.0. The van der Waals surface area contributed by atoms with Gasteiger partial charge in [0.2, 0.25) is 0 Å². The number of benzene rings is 1. The number of aliphatic hydroxyl groups excluding tert-OH is 1. The number of rotatable bonds is 8. The van der Waals surface area contributed by atoms with Crippen LogP contribution in [0.4, 0.5) is 15.3 Å². The summed E-state index contributed by atoms with van der Waals surface area (Å²) < 4.78 is 11.0. The van der Waals surface area contributed by atoms with Gasteiger partial charge >= 0.3 is 12.2 Å². The van der Waals surface area contributed by atoms with Gasteiger partial charge in [-0.3, -0.25) is 10.3 Å². The number of imide groups is 1. The van der Waals surface area contributed by atoms with Crippen molar-refractivity contribution < 1.29 is 29.0 Å². The van der Waals surface area contributed by atoms with Gasteiger partial charge in [0.1, 0.15) is 17.3 Å². The number of nitrogens with zero attached hydrogens (tertiary/aromatic N) is 1. The first-order valence-corrected chi connectivity index (χ1v) is 10.6. The SMILES string of the molecule is CC(C)[C@@H](C[C@H](CO)ONc1ccccc1)N(C(=O)OC(C)(C)C)C(=O)OC(C)(C)C. The molecule has 1 rings (SSSR count). The molecule has 8 heteroatoms. The lowest BCUT2D eigenvalue weighted by Crippen LogP contribution is -2.52. The summed E-state index contributed by atoms with van der Waals surface area (Å²) >= 11 is 0. The van der Waals surface area contributed by atoms with Crippen LogP contribution in [0.15, 0.2) is 30.3 Å². The Balaban J connectivity index is 3.09. The number of carbonyl (C=O) groups excluding carboxylic acids is 2. The fourth-order valence-electron chi connectivity index (χ4n) is 2.73. The molecule has 0 aliphatic heterocycles. The molecule has 2 amide bonds. The topological polar surface area (TPSA) is 97.3 Å². The monoisotopic (exact) mass is 438 g/mol. The molecule has 0 radical (unpaired) electrons. The van der Waals surface area contributed by atoms with Crippen molar-refractivity contribution in [1.82, 2.24) is 4.90 Å². The van der Waals surface area contributed by atoms with Gasteiger partial charge in [0.15, 0.2) is 0 Å². The molecule has 1 aromatic rings. The molecule has 0 heterocycles. The first-order valence-electron chi connectivity index (χ1n) is 10.6. The third-order valence-corrected chi connectivity index (χ3v) is 4.11. The molecule has 0 fully saturated rings. The fraction of sp³-hybridized carbons (Fsp3) is 0.652. The van der Waals surface area contributed by atoms with Crippen LogP contribution >= 0.6 is 0 Å². The summed E-state index contributed by atoms with van der Waals surface area (Å²) in [4.78, 5) is 32.6. The van der Waals surface area contributed by atoms with E-state index in [-0.39, 0.29) is 18.9 Å². The number of nitrogens with one attached hydrogen (secondary N) is 1. The van der Waals surface area contributed by atoms with Crippen molar-refractivity contribution in [2.45, 2.75) is 85.2 Å². The Bertz CT molecular complexity index is 666. The average Bonchev–Trinajstić information content (AvgIpc) is 2.61. The standard InChI is InChI=1S/C23H38N2O6/c1-16(2)19(14-18(15-26)31-24-17-12-10-9-11-13-17)25(20(27)29-22(3,4)5)21(28)30-23(6,7)8/h9-13,16,18-19,24,26H,14-15H2,1-8H3/t18-,19-/m1/s1. The van der Waals surface area contributed by atoms with E-state index in [0.717, 1.165) is 10.6 Å². The summed E-state index contributed by atoms with van der Waals surface area (Å²) in [5.41, 5.74) is 1.94. The molecule has 0 saturated heterocycles. The van der Waals surface area contributed by atoms with E-state index in [1.54, 1.807) is 41.5 Å². The van der Waals surface area contributed by atoms with Gasteiger partial charge < -0.3 is 14.6 Å². The number of aliphatic hydroxyl groups is 1. The minimum atomic E-state index is -0.798. The van der Waals surface area contributed by atoms with Gasteiger partial charge in [-0.05, 0) is 66.0 Å². The molecule has 0 aliphatic rings. The van der Waals surface area contributed by atoms with Crippen LogP contribution < -0.4 is 5.48 Å². The van der Waals surface area contributed by atoms with E-state index in [1.807, 2.05) is 44.2 Å². The van der Waals surface area contributed by atoms with E-state index in [9.17, 15) is 14.7 Å². The van der Waals surface area contributed by atoms with Crippen LogP contribution in [0, 0.1) is 5.92 Å². The van der Waals surface area contributed by atoms with E-state index < -0.39 is 35.5 Å². The van der Waals surface area contributed by atoms with Crippen LogP contribution in [-0.2, 0) is 14.3 Å². The molecule has 0 bridgehead atoms. The van der Waals surface area contributed by atoms with Crippen molar-refractivity contribution in [2.75, 3.05) is 12.1 Å². The number of ether oxygens (including phenoxy) is 2. The predicted octanol–water partition coefficient (Wildman–Crippen LogP) is 4.98. The highest BCUT2D eigenvalue weighted by atomic mass is 16.7. The molecule has 8 nitrogen and oxygen atoms in total. The Morgan fingerprint density at radius 1 is 0.968 bits per heavy atom. The Morgan fingerprint density at radius 2 is 1.45 bits per heavy atom. The van der Waals surface area contributed by atoms with Crippen molar-refractivity contribution >= 4 is 17.9 Å². The Morgan fingerprint density at radius 3 is 1.84 bits per heavy atom. The summed E-state index contributed by atoms with van der Waals surface area (Å²) in [5, 5.41) is 9.85. The third-order valence-electron chi connectivity index (χ3n) is 4.11. The van der Waals surface area contributed by atoms with Gasteiger partial charge in [-0.25, -0.2) is 14.5 Å². The van der Waals surface area contributed by atoms with Crippen LogP contribution in [0.2, 0.25) is 0 Å². The van der Waals surface area contributed by atoms with Gasteiger partial charge in [0.25, 0.3) is 0 Å². The lowest BCUT2D eigenvalue weighted by atomic mass is 9.96. The molecule has 1 aromatic carbocycles. The summed E-state index contributed by atoms with van der Waals surface area (Å²) in [6.45, 7) is 13.8. The highest BCUT2D eigenvalue weighted by molar-refractivity contribution is 5.88. The Kier molecular flexibility index (Phi) is 9.77. The lowest BCUT2D eigenvalue weighted by Gasteiger charge is -2.36. The van der Waals surface area contributed by atoms with Crippen LogP contribution in [0.25, 0.3) is 0 Å². The van der Waals surface area contributed by atoms with Crippen molar-refractivity contribution in [2.24, 2.45) is 5.92 Å². The number of para-hydroxylation sites is 1. The molecule has 176 valence electrons. The maximum atomic E-state index is 13.0. The molecular weight excluding hydrogens is 400 g/mol. The number of carbonyl (C=O) groups is 2. The molecule has 31 heavy (non-hydrogen) atoms. The highest BCUT2D eigenvalue weighted by Crippen LogP contribution is 2.24. The predicted molar refractivity (Wildman–Crippen MR) is 120 cm³/mol. The first kappa shape index (κ1) is 26.7. The zero-order valence-corrected chi connectivity index (χ0v) is 20.0. The van der Waals surface area contributed by atoms with Gasteiger partial charge in [-0.15, -0.1) is 0 Å². The fourth-order valence-corrected chi connectivity index (χ4v) is 2.73. The van der Waals surface area contributed by atoms with Crippen molar-refractivity contribution in [1.29, 1.82) is 0 Å². The molecular formula is C23H38N2O6. The molecule has 2 atom stereocenters. The normalized spacial score (nSPS) is 14.0. The zero-order chi connectivity index (χ0) is 23.8. The van der Waals surface area contributed by atoms with E-state index in [4.69, 9.17) is 14.3 Å². The molecule has 0 saturated carbocycles. The molecule has 2 N–H and O–H groups in total. The Hall–Kier alpha value is -2.32. The number of amides is 2. The number of hydrogen-bond acceptors (Lipinski definition) is 7. The first-order chi connectivity index (χ1) is 14.2. The molecule has 0 unspecified atom stereocenters. The second kappa shape index (κ2) is 11.3. The summed E-state index contributed by atoms with van der Waals surface area (Å²) in [7, 11) is 0. The smallest absolute Gasteiger partial charge is 0.420 e. The van der Waals surface area contributed by atoms with Crippen molar-refractivity contribution in [3.8, 4) is 0 Å². The zero-order valence-electron chi connectivity index (χ0n) is 20.0. The largest absolute Gasteiger partial charge is 0.443 e. The van der Waals surface area contributed by atoms with Crippen LogP contribution in [-0.4, -0.2) is 52.1 Å². The maximum Gasteiger partial charge on any atom is 0.420 e. The second-order valence-electron chi connectivity index (χ2n) is 9.77. The van der Waals surface area contributed by atoms with E-state index in [1.165, 1.54) is 0 Å². The van der Waals surface area contributed by atoms with Gasteiger partial charge in [-0.1, -0.05) is 32.0 Å². The molecule has 0 spiro atoms. The van der Waals surface area contributed by atoms with Gasteiger partial charge in [0.05, 0.1) is 18.3 Å². The van der Waals surface area contributed by atoms with Crippen molar-refractivity contribution in [3.63, 3.8) is 0 Å². The van der Waals surface area contributed by atoms with E-state index in [2.05, 4.69) is 5.48 Å². The highest BCUT2D eigenvalue weighted by Gasteiger charge is 2.39. The second-order valence-corrected chi connectivity index (χ2v) is 9.77. The van der Waals surface area contributed by atoms with Crippen LogP contribution in [0.1, 0.15) is 61.8 Å². The summed E-state index contributed by atoms with van der Waals surface area (Å²) in [5.74, 6) is -0.144. The van der Waals surface area contributed by atoms with Gasteiger partial charge in [0, 0.05) is 0 Å². The van der Waals surface area contributed by atoms with Crippen LogP contribution in [0.3, 0.4) is 0 Å². The molecule has 0 aromatic heterocycles. The molecule has 0 aliphatic carbocycles. The summed E-state index contributed by atoms with van der Waals surface area (Å²) in [6, 6.07) is 8.60. The Labute approximate surface area is 185 Å². The minimum absolute atomic E-state index is 0.144. The van der Waals surface area contributed by atoms with Crippen molar-refractivity contribution in [3.05, 3.63) is 30.3 Å². The van der Waals surface area contributed by atoms with Gasteiger partial charge in [-0.2, -0.15) is 0 Å². The minimum Gasteiger partial charge on any atom is -0.443 e. The van der Waals surface area contributed by atoms with E-state index >= 15 is 0 Å². The number of anilines is 1. The summed E-state index contributed by atoms with van der Waals surface area (Å²) in [6.07, 6.45) is -2.09. The lowest BCUT2D eigenvalue weighted by molar-refractivity contribution is -0.0259. The average molecular weight is 439 g/mol.